The minimum Gasteiger partial charge on any atom is -0.482 e. The summed E-state index contributed by atoms with van der Waals surface area (Å²) in [5, 5.41) is 7.26. The maximum Gasteiger partial charge on any atom is 0.344 e. The highest BCUT2D eigenvalue weighted by atomic mass is 35.5. The molecule has 2 aromatic carbocycles. The highest BCUT2D eigenvalue weighted by Gasteiger charge is 2.22. The van der Waals surface area contributed by atoms with Gasteiger partial charge >= 0.3 is 5.97 Å². The molecule has 1 atom stereocenters. The molecule has 0 aromatic heterocycles. The average molecular weight is 474 g/mol. The molecule has 0 radical (unpaired) electrons. The molecule has 0 saturated heterocycles. The number of nitrogens with zero attached hydrogens (tertiary/aromatic N) is 1. The number of nitrogens with one attached hydrogen (secondary N) is 2. The van der Waals surface area contributed by atoms with E-state index in [0.717, 1.165) is 0 Å². The van der Waals surface area contributed by atoms with Gasteiger partial charge in [0.15, 0.2) is 6.61 Å². The van der Waals surface area contributed by atoms with Crippen LogP contribution >= 0.6 is 11.6 Å². The van der Waals surface area contributed by atoms with Gasteiger partial charge in [0.1, 0.15) is 11.8 Å². The van der Waals surface area contributed by atoms with Crippen molar-refractivity contribution in [3.05, 3.63) is 64.7 Å². The predicted octanol–water partition coefficient (Wildman–Crippen LogP) is 3.58. The monoisotopic (exact) mass is 473 g/mol. The fourth-order valence-electron chi connectivity index (χ4n) is 2.82. The van der Waals surface area contributed by atoms with E-state index in [4.69, 9.17) is 21.1 Å². The highest BCUT2D eigenvalue weighted by Crippen LogP contribution is 2.13. The van der Waals surface area contributed by atoms with Crippen LogP contribution in [0.15, 0.2) is 53.6 Å². The second-order valence-corrected chi connectivity index (χ2v) is 8.00. The second-order valence-electron chi connectivity index (χ2n) is 7.56. The molecule has 176 valence electrons. The van der Waals surface area contributed by atoms with Crippen LogP contribution in [-0.4, -0.2) is 43.3 Å². The molecule has 0 fully saturated rings. The lowest BCUT2D eigenvalue weighted by Crippen LogP contribution is -2.46. The first-order chi connectivity index (χ1) is 15.8. The maximum absolute atomic E-state index is 12.7. The summed E-state index contributed by atoms with van der Waals surface area (Å²) >= 11 is 5.86. The third-order valence-corrected chi connectivity index (χ3v) is 4.60. The molecule has 0 aliphatic rings. The molecule has 2 rings (SSSR count). The van der Waals surface area contributed by atoms with Crippen LogP contribution in [0.3, 0.4) is 0 Å². The topological polar surface area (TPSA) is 106 Å². The number of carbonyl (C=O) groups is 3. The molecule has 33 heavy (non-hydrogen) atoms. The van der Waals surface area contributed by atoms with Gasteiger partial charge in [0.05, 0.1) is 12.8 Å². The summed E-state index contributed by atoms with van der Waals surface area (Å²) in [7, 11) is 0. The Morgan fingerprint density at radius 2 is 1.85 bits per heavy atom. The van der Waals surface area contributed by atoms with Gasteiger partial charge in [-0.2, -0.15) is 5.10 Å². The van der Waals surface area contributed by atoms with Crippen molar-refractivity contribution in [2.45, 2.75) is 33.2 Å². The normalized spacial score (nSPS) is 11.8. The Kier molecular flexibility index (Phi) is 10.4. The molecule has 2 N–H and O–H groups in total. The minimum atomic E-state index is -0.760. The Morgan fingerprint density at radius 1 is 1.12 bits per heavy atom. The van der Waals surface area contributed by atoms with Gasteiger partial charge in [0.25, 0.3) is 11.8 Å². The second kappa shape index (κ2) is 13.2. The largest absolute Gasteiger partial charge is 0.482 e. The van der Waals surface area contributed by atoms with Crippen molar-refractivity contribution in [3.8, 4) is 5.75 Å². The van der Waals surface area contributed by atoms with E-state index >= 15 is 0 Å². The lowest BCUT2D eigenvalue weighted by atomic mass is 10.0. The van der Waals surface area contributed by atoms with Crippen molar-refractivity contribution in [2.24, 2.45) is 11.0 Å². The van der Waals surface area contributed by atoms with E-state index in [9.17, 15) is 14.4 Å². The summed E-state index contributed by atoms with van der Waals surface area (Å²) in [4.78, 5) is 36.6. The van der Waals surface area contributed by atoms with Gasteiger partial charge in [-0.25, -0.2) is 10.2 Å². The summed E-state index contributed by atoms with van der Waals surface area (Å²) in [5.74, 6) is -0.629. The van der Waals surface area contributed by atoms with Crippen LogP contribution in [0.2, 0.25) is 5.02 Å². The number of hydrazone groups is 1. The Balaban J connectivity index is 1.97. The lowest BCUT2D eigenvalue weighted by molar-refractivity contribution is -0.145. The number of carbonyl (C=O) groups excluding carboxylic acids is 3. The van der Waals surface area contributed by atoms with Crippen LogP contribution in [0.25, 0.3) is 0 Å². The Labute approximate surface area is 198 Å². The molecule has 8 nitrogen and oxygen atoms in total. The lowest BCUT2D eigenvalue weighted by Gasteiger charge is -2.19. The van der Waals surface area contributed by atoms with Gasteiger partial charge in [-0.15, -0.1) is 0 Å². The molecule has 0 aliphatic heterocycles. The van der Waals surface area contributed by atoms with Crippen LogP contribution in [0, 0.1) is 5.92 Å². The number of hydrogen-bond donors (Lipinski definition) is 2. The minimum absolute atomic E-state index is 0.170. The maximum atomic E-state index is 12.7. The van der Waals surface area contributed by atoms with Gasteiger partial charge < -0.3 is 14.8 Å². The number of esters is 1. The van der Waals surface area contributed by atoms with Crippen LogP contribution in [0.4, 0.5) is 0 Å². The van der Waals surface area contributed by atoms with E-state index in [1.165, 1.54) is 6.21 Å². The summed E-state index contributed by atoms with van der Waals surface area (Å²) in [5.41, 5.74) is 3.53. The van der Waals surface area contributed by atoms with Crippen molar-refractivity contribution < 1.29 is 23.9 Å². The molecule has 2 amide bonds. The Hall–Kier alpha value is -3.39. The van der Waals surface area contributed by atoms with Crippen LogP contribution in [-0.2, 0) is 14.3 Å². The van der Waals surface area contributed by atoms with Gasteiger partial charge in [0.2, 0.25) is 0 Å². The van der Waals surface area contributed by atoms with Gasteiger partial charge in [-0.1, -0.05) is 37.6 Å². The summed E-state index contributed by atoms with van der Waals surface area (Å²) < 4.78 is 10.2. The average Bonchev–Trinajstić information content (AvgIpc) is 2.78. The van der Waals surface area contributed by atoms with Crippen LogP contribution < -0.4 is 15.5 Å². The summed E-state index contributed by atoms with van der Waals surface area (Å²) in [6, 6.07) is 12.5. The zero-order valence-electron chi connectivity index (χ0n) is 18.8. The Bertz CT molecular complexity index is 976. The molecule has 0 heterocycles. The molecule has 0 aliphatic carbocycles. The van der Waals surface area contributed by atoms with E-state index in [1.807, 2.05) is 13.8 Å². The number of benzene rings is 2. The van der Waals surface area contributed by atoms with E-state index in [0.29, 0.717) is 28.3 Å². The zero-order valence-corrected chi connectivity index (χ0v) is 19.6. The zero-order chi connectivity index (χ0) is 24.2. The number of ether oxygens (including phenoxy) is 2. The Morgan fingerprint density at radius 3 is 2.52 bits per heavy atom. The van der Waals surface area contributed by atoms with E-state index in [1.54, 1.807) is 55.5 Å². The molecule has 0 saturated carbocycles. The van der Waals surface area contributed by atoms with E-state index in [2.05, 4.69) is 15.8 Å². The van der Waals surface area contributed by atoms with Gasteiger partial charge in [0, 0.05) is 10.6 Å². The van der Waals surface area contributed by atoms with Crippen molar-refractivity contribution in [2.75, 3.05) is 13.2 Å². The predicted molar refractivity (Wildman–Crippen MR) is 126 cm³/mol. The summed E-state index contributed by atoms with van der Waals surface area (Å²) in [6.07, 6.45) is 1.89. The van der Waals surface area contributed by atoms with Crippen molar-refractivity contribution in [1.29, 1.82) is 0 Å². The number of amides is 2. The fraction of sp³-hybridized carbons (Fsp3) is 0.333. The van der Waals surface area contributed by atoms with Gasteiger partial charge in [-0.3, -0.25) is 9.59 Å². The van der Waals surface area contributed by atoms with E-state index in [-0.39, 0.29) is 25.0 Å². The number of halogens is 1. The first-order valence-corrected chi connectivity index (χ1v) is 10.9. The SMILES string of the molecule is CCOC(=O)COc1cccc(/C=N/NC(=O)C(CC(C)C)NC(=O)c2ccc(Cl)cc2)c1. The quantitative estimate of drug-likeness (QED) is 0.295. The molecule has 2 aromatic rings. The fourth-order valence-corrected chi connectivity index (χ4v) is 2.95. The van der Waals surface area contributed by atoms with E-state index < -0.39 is 17.9 Å². The van der Waals surface area contributed by atoms with Crippen molar-refractivity contribution >= 4 is 35.6 Å². The molecule has 0 spiro atoms. The summed E-state index contributed by atoms with van der Waals surface area (Å²) in [6.45, 7) is 5.72. The van der Waals surface area contributed by atoms with Crippen molar-refractivity contribution in [1.82, 2.24) is 10.7 Å². The molecular formula is C24H28ClN3O5. The van der Waals surface area contributed by atoms with Crippen LogP contribution in [0.1, 0.15) is 43.1 Å². The number of hydrogen-bond acceptors (Lipinski definition) is 6. The third kappa shape index (κ3) is 9.33. The highest BCUT2D eigenvalue weighted by molar-refractivity contribution is 6.30. The molecular weight excluding hydrogens is 446 g/mol. The smallest absolute Gasteiger partial charge is 0.344 e. The molecule has 1 unspecified atom stereocenters. The first-order valence-electron chi connectivity index (χ1n) is 10.6. The first kappa shape index (κ1) is 25.9. The molecule has 0 bridgehead atoms. The standard InChI is InChI=1S/C24H28ClN3O5/c1-4-32-22(29)15-33-20-7-5-6-17(13-20)14-26-28-24(31)21(12-16(2)3)27-23(30)18-8-10-19(25)11-9-18/h5-11,13-14,16,21H,4,12,15H2,1-3H3,(H,27,30)(H,28,31)/b26-14+. The van der Waals surface area contributed by atoms with Gasteiger partial charge in [-0.05, 0) is 61.2 Å². The molecule has 9 heteroatoms. The van der Waals surface area contributed by atoms with Crippen molar-refractivity contribution in [3.63, 3.8) is 0 Å². The van der Waals surface area contributed by atoms with Crippen LogP contribution in [0.5, 0.6) is 5.75 Å². The third-order valence-electron chi connectivity index (χ3n) is 4.34. The number of rotatable bonds is 11.